The summed E-state index contributed by atoms with van der Waals surface area (Å²) in [4.78, 5) is 11.9. The smallest absolute Gasteiger partial charge is 0.242 e. The molecule has 2 aromatic rings. The first-order valence-electron chi connectivity index (χ1n) is 6.99. The summed E-state index contributed by atoms with van der Waals surface area (Å²) in [5.74, 6) is 0.593. The summed E-state index contributed by atoms with van der Waals surface area (Å²) in [6, 6.07) is 3.84. The number of hydrogen-bond donors (Lipinski definition) is 2. The minimum absolute atomic E-state index is 0.132. The van der Waals surface area contributed by atoms with Gasteiger partial charge in [0, 0.05) is 12.6 Å². The van der Waals surface area contributed by atoms with E-state index in [0.29, 0.717) is 12.6 Å². The summed E-state index contributed by atoms with van der Waals surface area (Å²) < 4.78 is 6.78. The zero-order valence-corrected chi connectivity index (χ0v) is 12.5. The number of rotatable bonds is 7. The number of nitrogens with one attached hydrogen (secondary N) is 2. The molecule has 2 rings (SSSR count). The van der Waals surface area contributed by atoms with Gasteiger partial charge in [0.15, 0.2) is 0 Å². The molecule has 21 heavy (non-hydrogen) atoms. The molecule has 0 aliphatic carbocycles. The van der Waals surface area contributed by atoms with E-state index in [9.17, 15) is 4.79 Å². The van der Waals surface area contributed by atoms with Crippen LogP contribution in [0.2, 0.25) is 0 Å². The molecule has 0 saturated heterocycles. The molecule has 0 saturated carbocycles. The molecule has 7 heteroatoms. The number of aromatic nitrogens is 3. The third-order valence-corrected chi connectivity index (χ3v) is 2.93. The minimum Gasteiger partial charge on any atom is -0.467 e. The van der Waals surface area contributed by atoms with Gasteiger partial charge in [-0.05, 0) is 19.1 Å². The van der Waals surface area contributed by atoms with Gasteiger partial charge in [0.05, 0.1) is 24.2 Å². The van der Waals surface area contributed by atoms with E-state index >= 15 is 0 Å². The van der Waals surface area contributed by atoms with Gasteiger partial charge in [-0.2, -0.15) is 0 Å². The number of carbonyl (C=O) groups is 1. The van der Waals surface area contributed by atoms with Gasteiger partial charge in [0.25, 0.3) is 0 Å². The summed E-state index contributed by atoms with van der Waals surface area (Å²) in [5, 5.41) is 14.1. The molecular formula is C14H21N5O2. The Kier molecular flexibility index (Phi) is 5.10. The third kappa shape index (κ3) is 4.71. The van der Waals surface area contributed by atoms with Gasteiger partial charge < -0.3 is 15.1 Å². The van der Waals surface area contributed by atoms with Crippen LogP contribution in [0.25, 0.3) is 0 Å². The van der Waals surface area contributed by atoms with Crippen LogP contribution in [0.15, 0.2) is 29.0 Å². The quantitative estimate of drug-likeness (QED) is 0.802. The monoisotopic (exact) mass is 291 g/mol. The van der Waals surface area contributed by atoms with Crippen molar-refractivity contribution in [1.82, 2.24) is 25.6 Å². The molecule has 2 aromatic heterocycles. The van der Waals surface area contributed by atoms with E-state index in [4.69, 9.17) is 4.42 Å². The van der Waals surface area contributed by atoms with E-state index in [-0.39, 0.29) is 18.5 Å². The summed E-state index contributed by atoms with van der Waals surface area (Å²) >= 11 is 0. The van der Waals surface area contributed by atoms with Crippen molar-refractivity contribution in [2.24, 2.45) is 0 Å². The maximum absolute atomic E-state index is 11.9. The molecule has 0 spiro atoms. The van der Waals surface area contributed by atoms with Crippen LogP contribution in [0.4, 0.5) is 0 Å². The van der Waals surface area contributed by atoms with Gasteiger partial charge in [-0.3, -0.25) is 4.79 Å². The van der Waals surface area contributed by atoms with E-state index in [1.807, 2.05) is 13.0 Å². The third-order valence-electron chi connectivity index (χ3n) is 2.93. The summed E-state index contributed by atoms with van der Waals surface area (Å²) in [6.07, 6.45) is 3.36. The van der Waals surface area contributed by atoms with Crippen LogP contribution >= 0.6 is 0 Å². The molecule has 0 aliphatic heterocycles. The number of amides is 1. The highest BCUT2D eigenvalue weighted by Gasteiger charge is 2.13. The van der Waals surface area contributed by atoms with Crippen molar-refractivity contribution in [3.05, 3.63) is 36.0 Å². The summed E-state index contributed by atoms with van der Waals surface area (Å²) in [5.41, 5.74) is 0.815. The maximum Gasteiger partial charge on any atom is 0.242 e. The standard InChI is InChI=1S/C14H21N5O2/c1-10(2)15-7-12-8-19(18-17-12)9-14(20)16-11(3)13-5-4-6-21-13/h4-6,8,10-11,15H,7,9H2,1-3H3,(H,16,20). The fourth-order valence-electron chi connectivity index (χ4n) is 1.85. The Morgan fingerprint density at radius 1 is 1.43 bits per heavy atom. The number of carbonyl (C=O) groups excluding carboxylic acids is 1. The average Bonchev–Trinajstić information content (AvgIpc) is 3.07. The van der Waals surface area contributed by atoms with Crippen LogP contribution in [0.5, 0.6) is 0 Å². The largest absolute Gasteiger partial charge is 0.467 e. The van der Waals surface area contributed by atoms with Crippen molar-refractivity contribution in [3.8, 4) is 0 Å². The second-order valence-electron chi connectivity index (χ2n) is 5.25. The molecule has 0 aromatic carbocycles. The maximum atomic E-state index is 11.9. The Labute approximate surface area is 123 Å². The summed E-state index contributed by atoms with van der Waals surface area (Å²) in [6.45, 7) is 6.78. The molecule has 0 bridgehead atoms. The van der Waals surface area contributed by atoms with Crippen molar-refractivity contribution < 1.29 is 9.21 Å². The van der Waals surface area contributed by atoms with Crippen molar-refractivity contribution in [3.63, 3.8) is 0 Å². The molecule has 0 aliphatic rings. The lowest BCUT2D eigenvalue weighted by Gasteiger charge is -2.10. The topological polar surface area (TPSA) is 85.0 Å². The van der Waals surface area contributed by atoms with E-state index in [1.54, 1.807) is 18.5 Å². The first-order valence-corrected chi connectivity index (χ1v) is 6.99. The minimum atomic E-state index is -0.168. The highest BCUT2D eigenvalue weighted by molar-refractivity contribution is 5.76. The van der Waals surface area contributed by atoms with Crippen molar-refractivity contribution >= 4 is 5.91 Å². The zero-order chi connectivity index (χ0) is 15.2. The first-order chi connectivity index (χ1) is 10.0. The van der Waals surface area contributed by atoms with Crippen molar-refractivity contribution in [2.45, 2.75) is 45.9 Å². The molecule has 114 valence electrons. The van der Waals surface area contributed by atoms with Crippen LogP contribution in [0.1, 0.15) is 38.3 Å². The number of nitrogens with zero attached hydrogens (tertiary/aromatic N) is 3. The lowest BCUT2D eigenvalue weighted by Crippen LogP contribution is -2.30. The second-order valence-corrected chi connectivity index (χ2v) is 5.25. The lowest BCUT2D eigenvalue weighted by atomic mass is 10.2. The first kappa shape index (κ1) is 15.2. The Hall–Kier alpha value is -2.15. The normalized spacial score (nSPS) is 12.6. The van der Waals surface area contributed by atoms with Crippen molar-refractivity contribution in [1.29, 1.82) is 0 Å². The molecule has 1 unspecified atom stereocenters. The lowest BCUT2D eigenvalue weighted by molar-refractivity contribution is -0.122. The molecule has 2 heterocycles. The molecule has 0 radical (unpaired) electrons. The highest BCUT2D eigenvalue weighted by Crippen LogP contribution is 2.11. The van der Waals surface area contributed by atoms with Gasteiger partial charge in [0.2, 0.25) is 5.91 Å². The zero-order valence-electron chi connectivity index (χ0n) is 12.5. The summed E-state index contributed by atoms with van der Waals surface area (Å²) in [7, 11) is 0. The highest BCUT2D eigenvalue weighted by atomic mass is 16.3. The average molecular weight is 291 g/mol. The SMILES string of the molecule is CC(C)NCc1cn(CC(=O)NC(C)c2ccco2)nn1. The molecule has 7 nitrogen and oxygen atoms in total. The molecule has 0 fully saturated rings. The van der Waals surface area contributed by atoms with E-state index in [2.05, 4.69) is 34.8 Å². The Morgan fingerprint density at radius 3 is 2.90 bits per heavy atom. The molecule has 2 N–H and O–H groups in total. The van der Waals surface area contributed by atoms with Gasteiger partial charge in [-0.1, -0.05) is 19.1 Å². The van der Waals surface area contributed by atoms with Crippen LogP contribution in [0.3, 0.4) is 0 Å². The number of hydrogen-bond acceptors (Lipinski definition) is 5. The van der Waals surface area contributed by atoms with Gasteiger partial charge >= 0.3 is 0 Å². The van der Waals surface area contributed by atoms with Crippen molar-refractivity contribution in [2.75, 3.05) is 0 Å². The molecule has 1 amide bonds. The Bertz CT molecular complexity index is 562. The van der Waals surface area contributed by atoms with Crippen LogP contribution in [-0.2, 0) is 17.9 Å². The molecular weight excluding hydrogens is 270 g/mol. The fourth-order valence-corrected chi connectivity index (χ4v) is 1.85. The van der Waals surface area contributed by atoms with Gasteiger partial charge in [-0.15, -0.1) is 5.10 Å². The van der Waals surface area contributed by atoms with E-state index in [0.717, 1.165) is 11.5 Å². The Morgan fingerprint density at radius 2 is 2.24 bits per heavy atom. The van der Waals surface area contributed by atoms with Crippen LogP contribution in [-0.4, -0.2) is 26.9 Å². The fraction of sp³-hybridized carbons (Fsp3) is 0.500. The van der Waals surface area contributed by atoms with Crippen LogP contribution < -0.4 is 10.6 Å². The Balaban J connectivity index is 1.82. The predicted molar refractivity (Wildman–Crippen MR) is 77.3 cm³/mol. The predicted octanol–water partition coefficient (Wildman–Crippen LogP) is 1.25. The number of furan rings is 1. The van der Waals surface area contributed by atoms with Gasteiger partial charge in [-0.25, -0.2) is 4.68 Å². The molecule has 1 atom stereocenters. The van der Waals surface area contributed by atoms with E-state index in [1.165, 1.54) is 4.68 Å². The van der Waals surface area contributed by atoms with E-state index < -0.39 is 0 Å². The van der Waals surface area contributed by atoms with Gasteiger partial charge in [0.1, 0.15) is 12.3 Å². The van der Waals surface area contributed by atoms with Crippen LogP contribution in [0, 0.1) is 0 Å². The second kappa shape index (κ2) is 7.03.